The highest BCUT2D eigenvalue weighted by Gasteiger charge is 2.37. The molecule has 2 unspecified atom stereocenters. The van der Waals surface area contributed by atoms with Gasteiger partial charge in [0.15, 0.2) is 0 Å². The second-order valence-corrected chi connectivity index (χ2v) is 5.42. The van der Waals surface area contributed by atoms with E-state index in [1.165, 1.54) is 19.3 Å². The first-order valence-electron chi connectivity index (χ1n) is 5.37. The smallest absolute Gasteiger partial charge is 0.322 e. The van der Waals surface area contributed by atoms with E-state index in [1.807, 2.05) is 11.8 Å². The molecule has 0 aliphatic carbocycles. The second-order valence-electron chi connectivity index (χ2n) is 4.08. The van der Waals surface area contributed by atoms with Crippen molar-refractivity contribution in [3.05, 3.63) is 0 Å². The first kappa shape index (κ1) is 10.3. The topological polar surface area (TPSA) is 40.5 Å². The summed E-state index contributed by atoms with van der Waals surface area (Å²) in [6.45, 7) is 1.96. The zero-order chi connectivity index (χ0) is 9.97. The van der Waals surface area contributed by atoms with Crippen LogP contribution in [0.1, 0.15) is 25.7 Å². The molecular formula is C10H17NO2S. The van der Waals surface area contributed by atoms with Crippen LogP contribution in [-0.2, 0) is 4.79 Å². The zero-order valence-corrected chi connectivity index (χ0v) is 9.13. The second kappa shape index (κ2) is 4.53. The van der Waals surface area contributed by atoms with Crippen LogP contribution >= 0.6 is 11.8 Å². The quantitative estimate of drug-likeness (QED) is 0.773. The zero-order valence-electron chi connectivity index (χ0n) is 8.32. The molecule has 80 valence electrons. The highest BCUT2D eigenvalue weighted by atomic mass is 32.2. The Morgan fingerprint density at radius 1 is 1.36 bits per heavy atom. The van der Waals surface area contributed by atoms with Crippen LogP contribution in [0.15, 0.2) is 0 Å². The third kappa shape index (κ3) is 2.06. The molecule has 0 aromatic heterocycles. The first-order valence-corrected chi connectivity index (χ1v) is 6.42. The molecule has 2 aliphatic heterocycles. The summed E-state index contributed by atoms with van der Waals surface area (Å²) in [5, 5.41) is 9.54. The lowest BCUT2D eigenvalue weighted by molar-refractivity contribution is -0.145. The Hall–Kier alpha value is -0.220. The van der Waals surface area contributed by atoms with Gasteiger partial charge < -0.3 is 5.11 Å². The fourth-order valence-electron chi connectivity index (χ4n) is 2.18. The van der Waals surface area contributed by atoms with Crippen LogP contribution in [0, 0.1) is 0 Å². The number of rotatable bonds is 3. The SMILES string of the molecule is O=C(O)C(C1CCCCS1)N1CCC1. The molecule has 0 aromatic carbocycles. The van der Waals surface area contributed by atoms with Crippen molar-refractivity contribution in [1.82, 2.24) is 4.90 Å². The minimum absolute atomic E-state index is 0.214. The Kier molecular flexibility index (Phi) is 3.34. The van der Waals surface area contributed by atoms with Crippen molar-refractivity contribution in [3.63, 3.8) is 0 Å². The maximum Gasteiger partial charge on any atom is 0.322 e. The molecule has 0 saturated carbocycles. The largest absolute Gasteiger partial charge is 0.480 e. The third-order valence-electron chi connectivity index (χ3n) is 3.10. The summed E-state index contributed by atoms with van der Waals surface area (Å²) in [5.74, 6) is 0.520. The van der Waals surface area contributed by atoms with E-state index in [4.69, 9.17) is 0 Å². The van der Waals surface area contributed by atoms with Crippen molar-refractivity contribution in [3.8, 4) is 0 Å². The Bertz CT molecular complexity index is 212. The molecule has 14 heavy (non-hydrogen) atoms. The minimum atomic E-state index is -0.621. The monoisotopic (exact) mass is 215 g/mol. The van der Waals surface area contributed by atoms with Gasteiger partial charge >= 0.3 is 5.97 Å². The molecule has 0 aromatic rings. The number of nitrogens with zero attached hydrogens (tertiary/aromatic N) is 1. The van der Waals surface area contributed by atoms with E-state index in [2.05, 4.69) is 4.90 Å². The van der Waals surface area contributed by atoms with Crippen molar-refractivity contribution in [2.24, 2.45) is 0 Å². The number of carboxylic acids is 1. The summed E-state index contributed by atoms with van der Waals surface area (Å²) in [7, 11) is 0. The molecule has 3 nitrogen and oxygen atoms in total. The molecule has 2 aliphatic rings. The molecule has 2 fully saturated rings. The molecule has 2 saturated heterocycles. The van der Waals surface area contributed by atoms with Crippen molar-refractivity contribution >= 4 is 17.7 Å². The van der Waals surface area contributed by atoms with Crippen molar-refractivity contribution in [2.75, 3.05) is 18.8 Å². The van der Waals surface area contributed by atoms with Gasteiger partial charge in [-0.3, -0.25) is 9.69 Å². The average Bonchev–Trinajstić information content (AvgIpc) is 2.12. The van der Waals surface area contributed by atoms with Crippen molar-refractivity contribution in [1.29, 1.82) is 0 Å². The molecule has 0 bridgehead atoms. The van der Waals surface area contributed by atoms with Gasteiger partial charge in [0.1, 0.15) is 6.04 Å². The highest BCUT2D eigenvalue weighted by Crippen LogP contribution is 2.31. The van der Waals surface area contributed by atoms with Gasteiger partial charge in [0.05, 0.1) is 0 Å². The van der Waals surface area contributed by atoms with E-state index in [1.54, 1.807) is 0 Å². The number of aliphatic carboxylic acids is 1. The Morgan fingerprint density at radius 2 is 2.14 bits per heavy atom. The Morgan fingerprint density at radius 3 is 2.57 bits per heavy atom. The Balaban J connectivity index is 1.97. The molecule has 0 radical (unpaired) electrons. The van der Waals surface area contributed by atoms with Crippen LogP contribution in [0.25, 0.3) is 0 Å². The fraction of sp³-hybridized carbons (Fsp3) is 0.900. The molecule has 2 rings (SSSR count). The standard InChI is InChI=1S/C10H17NO2S/c12-10(13)9(11-5-3-6-11)8-4-1-2-7-14-8/h8-9H,1-7H2,(H,12,13). The molecular weight excluding hydrogens is 198 g/mol. The van der Waals surface area contributed by atoms with Crippen LogP contribution in [0.5, 0.6) is 0 Å². The highest BCUT2D eigenvalue weighted by molar-refractivity contribution is 8.00. The maximum absolute atomic E-state index is 11.2. The average molecular weight is 215 g/mol. The molecule has 0 spiro atoms. The summed E-state index contributed by atoms with van der Waals surface area (Å²) >= 11 is 1.85. The normalized spacial score (nSPS) is 30.7. The van der Waals surface area contributed by atoms with E-state index in [0.29, 0.717) is 5.25 Å². The molecule has 1 N–H and O–H groups in total. The summed E-state index contributed by atoms with van der Waals surface area (Å²) in [6.07, 6.45) is 4.71. The summed E-state index contributed by atoms with van der Waals surface area (Å²) in [6, 6.07) is -0.214. The summed E-state index contributed by atoms with van der Waals surface area (Å²) in [4.78, 5) is 13.3. The number of likely N-dealkylation sites (tertiary alicyclic amines) is 1. The lowest BCUT2D eigenvalue weighted by Crippen LogP contribution is -2.54. The lowest BCUT2D eigenvalue weighted by atomic mass is 10.0. The van der Waals surface area contributed by atoms with Gasteiger partial charge in [-0.15, -0.1) is 0 Å². The summed E-state index contributed by atoms with van der Waals surface area (Å²) in [5.41, 5.74) is 0. The van der Waals surface area contributed by atoms with Crippen molar-refractivity contribution < 1.29 is 9.90 Å². The van der Waals surface area contributed by atoms with Gasteiger partial charge in [0.2, 0.25) is 0 Å². The number of thioether (sulfide) groups is 1. The van der Waals surface area contributed by atoms with Gasteiger partial charge in [-0.25, -0.2) is 0 Å². The van der Waals surface area contributed by atoms with Crippen LogP contribution in [-0.4, -0.2) is 46.1 Å². The van der Waals surface area contributed by atoms with E-state index in [-0.39, 0.29) is 6.04 Å². The first-order chi connectivity index (χ1) is 6.79. The number of carboxylic acid groups (broad SMARTS) is 1. The number of carbonyl (C=O) groups is 1. The van der Waals surface area contributed by atoms with Crippen LogP contribution in [0.2, 0.25) is 0 Å². The van der Waals surface area contributed by atoms with Crippen molar-refractivity contribution in [2.45, 2.75) is 37.0 Å². The van der Waals surface area contributed by atoms with Gasteiger partial charge in [-0.1, -0.05) is 6.42 Å². The van der Waals surface area contributed by atoms with E-state index in [0.717, 1.165) is 25.3 Å². The Labute approximate surface area is 88.9 Å². The molecule has 2 heterocycles. The predicted molar refractivity (Wildman–Crippen MR) is 57.7 cm³/mol. The molecule has 2 atom stereocenters. The minimum Gasteiger partial charge on any atom is -0.480 e. The maximum atomic E-state index is 11.2. The van der Waals surface area contributed by atoms with Gasteiger partial charge in [-0.2, -0.15) is 11.8 Å². The summed E-state index contributed by atoms with van der Waals surface area (Å²) < 4.78 is 0. The lowest BCUT2D eigenvalue weighted by Gasteiger charge is -2.40. The van der Waals surface area contributed by atoms with Crippen LogP contribution in [0.4, 0.5) is 0 Å². The van der Waals surface area contributed by atoms with Gasteiger partial charge in [0.25, 0.3) is 0 Å². The number of hydrogen-bond acceptors (Lipinski definition) is 3. The van der Waals surface area contributed by atoms with E-state index < -0.39 is 5.97 Å². The van der Waals surface area contributed by atoms with Crippen LogP contribution < -0.4 is 0 Å². The van der Waals surface area contributed by atoms with Gasteiger partial charge in [0, 0.05) is 18.3 Å². The molecule has 4 heteroatoms. The van der Waals surface area contributed by atoms with Crippen LogP contribution in [0.3, 0.4) is 0 Å². The third-order valence-corrected chi connectivity index (χ3v) is 4.55. The predicted octanol–water partition coefficient (Wildman–Crippen LogP) is 1.43. The van der Waals surface area contributed by atoms with E-state index in [9.17, 15) is 9.90 Å². The molecule has 0 amide bonds. The fourth-order valence-corrected chi connectivity index (χ4v) is 3.66. The van der Waals surface area contributed by atoms with Gasteiger partial charge in [-0.05, 0) is 25.0 Å². The van der Waals surface area contributed by atoms with E-state index >= 15 is 0 Å². The number of hydrogen-bond donors (Lipinski definition) is 1.